The molecule has 0 aromatic heterocycles. The Morgan fingerprint density at radius 1 is 1.25 bits per heavy atom. The van der Waals surface area contributed by atoms with Crippen molar-refractivity contribution < 1.29 is 14.6 Å². The number of carbonyl (C=O) groups excluding carboxylic acids is 1. The second-order valence-electron chi connectivity index (χ2n) is 4.16. The molecule has 0 aliphatic heterocycles. The number of anilines is 1. The fraction of sp³-hybridized carbons (Fsp3) is 0.133. The van der Waals surface area contributed by atoms with Crippen molar-refractivity contribution in [2.75, 3.05) is 12.4 Å². The predicted octanol–water partition coefficient (Wildman–Crippen LogP) is 3.44. The Hall–Kier alpha value is -2.20. The Labute approximate surface area is 122 Å². The molecule has 0 heterocycles. The second kappa shape index (κ2) is 6.30. The van der Waals surface area contributed by atoms with Gasteiger partial charge in [0.25, 0.3) is 0 Å². The molecule has 2 rings (SSSR count). The molecule has 0 amide bonds. The number of benzene rings is 2. The molecule has 0 saturated carbocycles. The summed E-state index contributed by atoms with van der Waals surface area (Å²) in [5, 5.41) is 13.4. The van der Waals surface area contributed by atoms with Crippen LogP contribution in [-0.2, 0) is 11.3 Å². The number of phenols is 1. The molecule has 2 aromatic carbocycles. The van der Waals surface area contributed by atoms with Crippen LogP contribution in [0.25, 0.3) is 0 Å². The highest BCUT2D eigenvalue weighted by Gasteiger charge is 2.07. The molecule has 0 atom stereocenters. The van der Waals surface area contributed by atoms with Crippen molar-refractivity contribution in [2.24, 2.45) is 0 Å². The van der Waals surface area contributed by atoms with Gasteiger partial charge in [-0.1, -0.05) is 17.7 Å². The van der Waals surface area contributed by atoms with Gasteiger partial charge in [0, 0.05) is 22.8 Å². The molecule has 20 heavy (non-hydrogen) atoms. The average Bonchev–Trinajstić information content (AvgIpc) is 2.46. The zero-order valence-corrected chi connectivity index (χ0v) is 11.6. The fourth-order valence-electron chi connectivity index (χ4n) is 1.75. The monoisotopic (exact) mass is 291 g/mol. The summed E-state index contributed by atoms with van der Waals surface area (Å²) in [6, 6.07) is 11.9. The van der Waals surface area contributed by atoms with Gasteiger partial charge in [-0.05, 0) is 36.4 Å². The van der Waals surface area contributed by atoms with Crippen molar-refractivity contribution in [1.82, 2.24) is 0 Å². The molecule has 0 unspecified atom stereocenters. The highest BCUT2D eigenvalue weighted by molar-refractivity contribution is 6.31. The number of esters is 1. The minimum absolute atomic E-state index is 0.149. The summed E-state index contributed by atoms with van der Waals surface area (Å²) in [5.41, 5.74) is 1.93. The van der Waals surface area contributed by atoms with E-state index in [4.69, 9.17) is 11.6 Å². The van der Waals surface area contributed by atoms with Crippen LogP contribution in [0.1, 0.15) is 15.9 Å². The van der Waals surface area contributed by atoms with Crippen molar-refractivity contribution in [1.29, 1.82) is 0 Å². The lowest BCUT2D eigenvalue weighted by atomic mass is 10.1. The molecule has 2 aromatic rings. The summed E-state index contributed by atoms with van der Waals surface area (Å²) in [5.74, 6) is -0.225. The molecule has 0 aliphatic rings. The Morgan fingerprint density at radius 3 is 2.55 bits per heavy atom. The zero-order chi connectivity index (χ0) is 14.5. The van der Waals surface area contributed by atoms with E-state index in [0.717, 1.165) is 5.69 Å². The summed E-state index contributed by atoms with van der Waals surface area (Å²) >= 11 is 6.02. The molecule has 0 bridgehead atoms. The molecule has 5 heteroatoms. The number of hydrogen-bond acceptors (Lipinski definition) is 4. The van der Waals surface area contributed by atoms with Crippen molar-refractivity contribution in [3.8, 4) is 5.75 Å². The number of aromatic hydroxyl groups is 1. The molecule has 104 valence electrons. The van der Waals surface area contributed by atoms with Gasteiger partial charge in [0.15, 0.2) is 0 Å². The Bertz CT molecular complexity index is 591. The maximum atomic E-state index is 11.3. The third-order valence-electron chi connectivity index (χ3n) is 2.87. The van der Waals surface area contributed by atoms with E-state index in [0.29, 0.717) is 22.7 Å². The van der Waals surface area contributed by atoms with Crippen LogP contribution in [0.15, 0.2) is 42.5 Å². The van der Waals surface area contributed by atoms with E-state index in [1.807, 2.05) is 0 Å². The van der Waals surface area contributed by atoms with Crippen LogP contribution >= 0.6 is 11.6 Å². The summed E-state index contributed by atoms with van der Waals surface area (Å²) < 4.78 is 4.63. The zero-order valence-electron chi connectivity index (χ0n) is 10.9. The van der Waals surface area contributed by atoms with Gasteiger partial charge in [0.2, 0.25) is 0 Å². The first-order valence-electron chi connectivity index (χ1n) is 6.00. The minimum Gasteiger partial charge on any atom is -0.508 e. The van der Waals surface area contributed by atoms with Crippen molar-refractivity contribution in [3.05, 3.63) is 58.6 Å². The van der Waals surface area contributed by atoms with Gasteiger partial charge >= 0.3 is 5.97 Å². The van der Waals surface area contributed by atoms with Crippen molar-refractivity contribution in [3.63, 3.8) is 0 Å². The van der Waals surface area contributed by atoms with E-state index in [1.54, 1.807) is 42.5 Å². The molecular weight excluding hydrogens is 278 g/mol. The lowest BCUT2D eigenvalue weighted by Gasteiger charge is -2.10. The van der Waals surface area contributed by atoms with E-state index >= 15 is 0 Å². The molecule has 0 radical (unpaired) electrons. The molecule has 0 saturated heterocycles. The normalized spacial score (nSPS) is 10.1. The summed E-state index contributed by atoms with van der Waals surface area (Å²) in [7, 11) is 1.34. The molecule has 4 nitrogen and oxygen atoms in total. The Balaban J connectivity index is 2.06. The van der Waals surface area contributed by atoms with Crippen LogP contribution in [0.2, 0.25) is 5.02 Å². The molecule has 0 spiro atoms. The van der Waals surface area contributed by atoms with E-state index in [-0.39, 0.29) is 11.7 Å². The molecule has 0 aliphatic carbocycles. The van der Waals surface area contributed by atoms with Gasteiger partial charge in [-0.2, -0.15) is 0 Å². The number of hydrogen-bond donors (Lipinski definition) is 2. The molecular formula is C15H14ClNO3. The third-order valence-corrected chi connectivity index (χ3v) is 3.22. The fourth-order valence-corrected chi connectivity index (χ4v) is 1.99. The maximum Gasteiger partial charge on any atom is 0.337 e. The van der Waals surface area contributed by atoms with Crippen LogP contribution in [0.3, 0.4) is 0 Å². The lowest BCUT2D eigenvalue weighted by Crippen LogP contribution is -2.03. The average molecular weight is 292 g/mol. The molecule has 2 N–H and O–H groups in total. The first kappa shape index (κ1) is 14.2. The summed E-state index contributed by atoms with van der Waals surface area (Å²) in [4.78, 5) is 11.3. The third kappa shape index (κ3) is 3.22. The van der Waals surface area contributed by atoms with Gasteiger partial charge < -0.3 is 15.2 Å². The topological polar surface area (TPSA) is 58.6 Å². The van der Waals surface area contributed by atoms with Crippen molar-refractivity contribution in [2.45, 2.75) is 6.54 Å². The van der Waals surface area contributed by atoms with Gasteiger partial charge in [-0.3, -0.25) is 0 Å². The van der Waals surface area contributed by atoms with E-state index < -0.39 is 0 Å². The number of nitrogens with one attached hydrogen (secondary N) is 1. The maximum absolute atomic E-state index is 11.3. The van der Waals surface area contributed by atoms with E-state index in [9.17, 15) is 9.90 Å². The quantitative estimate of drug-likeness (QED) is 0.847. The smallest absolute Gasteiger partial charge is 0.337 e. The standard InChI is InChI=1S/C15H14ClNO3/c1-20-15(19)10-5-7-11(8-6-10)17-9-12-13(16)3-2-4-14(12)18/h2-8,17-18H,9H2,1H3. The van der Waals surface area contributed by atoms with Crippen LogP contribution in [0, 0.1) is 0 Å². The Kier molecular flexibility index (Phi) is 4.48. The number of ether oxygens (including phenoxy) is 1. The van der Waals surface area contributed by atoms with E-state index in [2.05, 4.69) is 10.1 Å². The van der Waals surface area contributed by atoms with E-state index in [1.165, 1.54) is 7.11 Å². The number of phenolic OH excluding ortho intramolecular Hbond substituents is 1. The number of carbonyl (C=O) groups is 1. The first-order valence-corrected chi connectivity index (χ1v) is 6.38. The highest BCUT2D eigenvalue weighted by Crippen LogP contribution is 2.26. The van der Waals surface area contributed by atoms with Gasteiger partial charge in [0.1, 0.15) is 5.75 Å². The second-order valence-corrected chi connectivity index (χ2v) is 4.57. The minimum atomic E-state index is -0.375. The molecule has 0 fully saturated rings. The van der Waals surface area contributed by atoms with Crippen LogP contribution < -0.4 is 5.32 Å². The van der Waals surface area contributed by atoms with Gasteiger partial charge in [-0.25, -0.2) is 4.79 Å². The van der Waals surface area contributed by atoms with Gasteiger partial charge in [-0.15, -0.1) is 0 Å². The predicted molar refractivity (Wildman–Crippen MR) is 78.2 cm³/mol. The van der Waals surface area contributed by atoms with Gasteiger partial charge in [0.05, 0.1) is 12.7 Å². The largest absolute Gasteiger partial charge is 0.508 e. The van der Waals surface area contributed by atoms with Crippen LogP contribution in [0.4, 0.5) is 5.69 Å². The number of halogens is 1. The number of methoxy groups -OCH3 is 1. The van der Waals surface area contributed by atoms with Crippen LogP contribution in [-0.4, -0.2) is 18.2 Å². The first-order chi connectivity index (χ1) is 9.61. The van der Waals surface area contributed by atoms with Crippen LogP contribution in [0.5, 0.6) is 5.75 Å². The lowest BCUT2D eigenvalue weighted by molar-refractivity contribution is 0.0601. The SMILES string of the molecule is COC(=O)c1ccc(NCc2c(O)cccc2Cl)cc1. The highest BCUT2D eigenvalue weighted by atomic mass is 35.5. The summed E-state index contributed by atoms with van der Waals surface area (Å²) in [6.07, 6.45) is 0. The Morgan fingerprint density at radius 2 is 1.95 bits per heavy atom. The summed E-state index contributed by atoms with van der Waals surface area (Å²) in [6.45, 7) is 0.392. The van der Waals surface area contributed by atoms with Crippen molar-refractivity contribution >= 4 is 23.3 Å². The number of rotatable bonds is 4.